The van der Waals surface area contributed by atoms with Gasteiger partial charge in [-0.2, -0.15) is 0 Å². The highest BCUT2D eigenvalue weighted by molar-refractivity contribution is 5.99. The standard InChI is InChI=1S/C23H29N5O/c1-16(29)28-12-10-22(26-14-17-8-9-17)20(15-28)23(24)27-19-6-4-5-18(13-19)21-7-2-3-11-25-21/h2-4,6-7,11,13,17-18,26H,5,8-10,12,14-15H2,1H3,(H2,24,27). The Bertz CT molecular complexity index is 880. The van der Waals surface area contributed by atoms with Crippen LogP contribution in [0.3, 0.4) is 0 Å². The van der Waals surface area contributed by atoms with Crippen LogP contribution in [0.4, 0.5) is 0 Å². The Labute approximate surface area is 172 Å². The fourth-order valence-corrected chi connectivity index (χ4v) is 3.80. The number of carbonyl (C=O) groups is 1. The molecule has 1 unspecified atom stereocenters. The molecule has 4 rings (SSSR count). The summed E-state index contributed by atoms with van der Waals surface area (Å²) in [5.41, 5.74) is 10.4. The molecule has 0 aromatic carbocycles. The molecule has 1 saturated carbocycles. The summed E-state index contributed by atoms with van der Waals surface area (Å²) in [4.78, 5) is 22.9. The SMILES string of the molecule is CC(=O)N1CCC(NCC2CC2)=C(C(N)=NC2=CC(c3ccccn3)CC=C2)C1. The third-order valence-corrected chi connectivity index (χ3v) is 5.77. The summed E-state index contributed by atoms with van der Waals surface area (Å²) < 4.78 is 0. The molecule has 0 radical (unpaired) electrons. The molecule has 2 heterocycles. The predicted molar refractivity (Wildman–Crippen MR) is 115 cm³/mol. The van der Waals surface area contributed by atoms with E-state index >= 15 is 0 Å². The number of nitrogens with one attached hydrogen (secondary N) is 1. The molecule has 3 N–H and O–H groups in total. The van der Waals surface area contributed by atoms with Crippen LogP contribution in [0.15, 0.2) is 64.6 Å². The Kier molecular flexibility index (Phi) is 5.79. The molecule has 1 atom stereocenters. The van der Waals surface area contributed by atoms with Crippen LogP contribution in [0.1, 0.15) is 44.2 Å². The van der Waals surface area contributed by atoms with Crippen LogP contribution < -0.4 is 11.1 Å². The zero-order valence-electron chi connectivity index (χ0n) is 17.0. The van der Waals surface area contributed by atoms with E-state index in [0.29, 0.717) is 12.4 Å². The number of nitrogens with zero attached hydrogens (tertiary/aromatic N) is 3. The number of hydrogen-bond acceptors (Lipinski definition) is 4. The second kappa shape index (κ2) is 8.64. The number of aliphatic imine (C=N–C) groups is 1. The minimum Gasteiger partial charge on any atom is -0.388 e. The van der Waals surface area contributed by atoms with Crippen molar-refractivity contribution in [1.29, 1.82) is 0 Å². The second-order valence-electron chi connectivity index (χ2n) is 8.06. The molecule has 1 aromatic heterocycles. The largest absolute Gasteiger partial charge is 0.388 e. The van der Waals surface area contributed by atoms with Gasteiger partial charge in [-0.05, 0) is 49.5 Å². The Morgan fingerprint density at radius 2 is 2.24 bits per heavy atom. The van der Waals surface area contributed by atoms with Crippen molar-refractivity contribution in [1.82, 2.24) is 15.2 Å². The lowest BCUT2D eigenvalue weighted by Crippen LogP contribution is -2.41. The third kappa shape index (κ3) is 4.94. The number of pyridine rings is 1. The van der Waals surface area contributed by atoms with Gasteiger partial charge in [-0.15, -0.1) is 0 Å². The summed E-state index contributed by atoms with van der Waals surface area (Å²) in [5, 5.41) is 3.58. The number of rotatable bonds is 6. The van der Waals surface area contributed by atoms with Crippen molar-refractivity contribution in [2.45, 2.75) is 38.5 Å². The summed E-state index contributed by atoms with van der Waals surface area (Å²) >= 11 is 0. The van der Waals surface area contributed by atoms with E-state index in [9.17, 15) is 4.79 Å². The van der Waals surface area contributed by atoms with Crippen LogP contribution in [0.2, 0.25) is 0 Å². The first-order valence-corrected chi connectivity index (χ1v) is 10.5. The molecule has 1 aliphatic heterocycles. The molecule has 6 heteroatoms. The quantitative estimate of drug-likeness (QED) is 0.577. The smallest absolute Gasteiger partial charge is 0.219 e. The molecule has 29 heavy (non-hydrogen) atoms. The normalized spacial score (nSPS) is 22.5. The van der Waals surface area contributed by atoms with E-state index in [4.69, 9.17) is 10.7 Å². The number of hydrogen-bond donors (Lipinski definition) is 2. The summed E-state index contributed by atoms with van der Waals surface area (Å²) in [6.07, 6.45) is 12.4. The van der Waals surface area contributed by atoms with Crippen molar-refractivity contribution >= 4 is 11.7 Å². The number of allylic oxidation sites excluding steroid dienone is 3. The van der Waals surface area contributed by atoms with Crippen LogP contribution in [-0.2, 0) is 4.79 Å². The molecule has 2 aliphatic carbocycles. The molecule has 0 spiro atoms. The molecule has 0 saturated heterocycles. The van der Waals surface area contributed by atoms with E-state index in [1.807, 2.05) is 35.4 Å². The van der Waals surface area contributed by atoms with Crippen LogP contribution in [0, 0.1) is 5.92 Å². The molecule has 3 aliphatic rings. The third-order valence-electron chi connectivity index (χ3n) is 5.77. The Morgan fingerprint density at radius 1 is 1.38 bits per heavy atom. The lowest BCUT2D eigenvalue weighted by atomic mass is 9.95. The van der Waals surface area contributed by atoms with E-state index in [0.717, 1.165) is 54.5 Å². The summed E-state index contributed by atoms with van der Waals surface area (Å²) in [5.74, 6) is 1.54. The van der Waals surface area contributed by atoms with Crippen LogP contribution in [0.5, 0.6) is 0 Å². The van der Waals surface area contributed by atoms with Gasteiger partial charge in [-0.1, -0.05) is 12.1 Å². The van der Waals surface area contributed by atoms with Gasteiger partial charge in [-0.3, -0.25) is 9.78 Å². The highest BCUT2D eigenvalue weighted by Crippen LogP contribution is 2.29. The van der Waals surface area contributed by atoms with Gasteiger partial charge in [0.25, 0.3) is 0 Å². The maximum atomic E-state index is 11.9. The van der Waals surface area contributed by atoms with Gasteiger partial charge in [-0.25, -0.2) is 4.99 Å². The molecule has 1 aromatic rings. The maximum Gasteiger partial charge on any atom is 0.219 e. The number of amidine groups is 1. The number of carbonyl (C=O) groups excluding carboxylic acids is 1. The lowest BCUT2D eigenvalue weighted by Gasteiger charge is -2.30. The van der Waals surface area contributed by atoms with Crippen molar-refractivity contribution in [2.75, 3.05) is 19.6 Å². The second-order valence-corrected chi connectivity index (χ2v) is 8.06. The van der Waals surface area contributed by atoms with Gasteiger partial charge < -0.3 is 16.0 Å². The van der Waals surface area contributed by atoms with E-state index in [1.54, 1.807) is 6.92 Å². The molecular weight excluding hydrogens is 362 g/mol. The summed E-state index contributed by atoms with van der Waals surface area (Å²) in [6.45, 7) is 3.83. The molecule has 0 bridgehead atoms. The van der Waals surface area contributed by atoms with Gasteiger partial charge in [0.05, 0.1) is 12.2 Å². The Balaban J connectivity index is 1.57. The monoisotopic (exact) mass is 391 g/mol. The van der Waals surface area contributed by atoms with E-state index in [-0.39, 0.29) is 11.8 Å². The zero-order chi connectivity index (χ0) is 20.2. The Morgan fingerprint density at radius 3 is 2.97 bits per heavy atom. The van der Waals surface area contributed by atoms with Gasteiger partial charge in [0.2, 0.25) is 5.91 Å². The number of amides is 1. The molecular formula is C23H29N5O. The Hall–Kier alpha value is -2.89. The molecule has 152 valence electrons. The first kappa shape index (κ1) is 19.4. The minimum atomic E-state index is 0.0727. The van der Waals surface area contributed by atoms with Crippen LogP contribution >= 0.6 is 0 Å². The first-order chi connectivity index (χ1) is 14.1. The van der Waals surface area contributed by atoms with Crippen LogP contribution in [-0.4, -0.2) is 41.3 Å². The van der Waals surface area contributed by atoms with E-state index < -0.39 is 0 Å². The fraction of sp³-hybridized carbons (Fsp3) is 0.435. The molecule has 6 nitrogen and oxygen atoms in total. The van der Waals surface area contributed by atoms with Crippen molar-refractivity contribution in [2.24, 2.45) is 16.6 Å². The number of nitrogens with two attached hydrogens (primary N) is 1. The average Bonchev–Trinajstić information content (AvgIpc) is 3.57. The van der Waals surface area contributed by atoms with Gasteiger partial charge >= 0.3 is 0 Å². The van der Waals surface area contributed by atoms with Crippen LogP contribution in [0.25, 0.3) is 0 Å². The lowest BCUT2D eigenvalue weighted by molar-refractivity contribution is -0.128. The predicted octanol–water partition coefficient (Wildman–Crippen LogP) is 2.87. The topological polar surface area (TPSA) is 83.6 Å². The van der Waals surface area contributed by atoms with Crippen molar-refractivity contribution in [3.8, 4) is 0 Å². The molecule has 1 amide bonds. The van der Waals surface area contributed by atoms with E-state index in [1.165, 1.54) is 12.8 Å². The fourth-order valence-electron chi connectivity index (χ4n) is 3.80. The highest BCUT2D eigenvalue weighted by Gasteiger charge is 2.26. The maximum absolute atomic E-state index is 11.9. The van der Waals surface area contributed by atoms with Gasteiger partial charge in [0.15, 0.2) is 0 Å². The van der Waals surface area contributed by atoms with Crippen molar-refractivity contribution in [3.05, 3.63) is 65.3 Å². The van der Waals surface area contributed by atoms with Crippen molar-refractivity contribution in [3.63, 3.8) is 0 Å². The molecule has 1 fully saturated rings. The number of aromatic nitrogens is 1. The van der Waals surface area contributed by atoms with Gasteiger partial charge in [0.1, 0.15) is 5.84 Å². The van der Waals surface area contributed by atoms with Crippen molar-refractivity contribution < 1.29 is 4.79 Å². The summed E-state index contributed by atoms with van der Waals surface area (Å²) in [6, 6.07) is 5.97. The summed E-state index contributed by atoms with van der Waals surface area (Å²) in [7, 11) is 0. The highest BCUT2D eigenvalue weighted by atomic mass is 16.2. The minimum absolute atomic E-state index is 0.0727. The van der Waals surface area contributed by atoms with Gasteiger partial charge in [0, 0.05) is 55.5 Å². The zero-order valence-corrected chi connectivity index (χ0v) is 17.0. The first-order valence-electron chi connectivity index (χ1n) is 10.5. The van der Waals surface area contributed by atoms with E-state index in [2.05, 4.69) is 22.5 Å². The average molecular weight is 392 g/mol.